The highest BCUT2D eigenvalue weighted by Crippen LogP contribution is 2.38. The molecule has 0 saturated carbocycles. The Morgan fingerprint density at radius 2 is 2.12 bits per heavy atom. The topological polar surface area (TPSA) is 117 Å². The minimum atomic E-state index is -0.992. The fourth-order valence-corrected chi connectivity index (χ4v) is 3.08. The smallest absolute Gasteiger partial charge is 0.345 e. The maximum Gasteiger partial charge on any atom is 0.345 e. The average molecular weight is 378 g/mol. The number of fused-ring (bicyclic) bond motifs is 1. The summed E-state index contributed by atoms with van der Waals surface area (Å²) in [6.45, 7) is 1.16. The minimum Gasteiger partial charge on any atom is -0.454 e. The Kier molecular flexibility index (Phi) is 5.03. The van der Waals surface area contributed by atoms with Crippen LogP contribution in [0.4, 0.5) is 5.69 Å². The van der Waals surface area contributed by atoms with Gasteiger partial charge in [-0.25, -0.2) is 4.79 Å². The number of hydrogen-bond donors (Lipinski definition) is 1. The molecule has 1 N–H and O–H groups in total. The van der Waals surface area contributed by atoms with Crippen LogP contribution in [0.15, 0.2) is 29.6 Å². The van der Waals surface area contributed by atoms with Crippen molar-refractivity contribution in [3.05, 3.63) is 50.2 Å². The SMILES string of the molecule is CC(NC(=O)COC(=O)c1cc2c(cc1[N+](=O)[O-])OCO2)c1cccs1. The molecule has 136 valence electrons. The zero-order valence-electron chi connectivity index (χ0n) is 13.6. The van der Waals surface area contributed by atoms with Gasteiger partial charge in [0.15, 0.2) is 18.1 Å². The molecule has 0 saturated heterocycles. The van der Waals surface area contributed by atoms with Crippen LogP contribution in [0.5, 0.6) is 11.5 Å². The number of carbonyl (C=O) groups excluding carboxylic acids is 2. The number of nitro benzene ring substituents is 1. The Labute approximate surface area is 151 Å². The number of benzene rings is 1. The highest BCUT2D eigenvalue weighted by Gasteiger charge is 2.28. The van der Waals surface area contributed by atoms with Crippen LogP contribution in [-0.2, 0) is 9.53 Å². The van der Waals surface area contributed by atoms with Crippen LogP contribution in [0.25, 0.3) is 0 Å². The number of amides is 1. The summed E-state index contributed by atoms with van der Waals surface area (Å²) in [4.78, 5) is 35.5. The van der Waals surface area contributed by atoms with E-state index in [4.69, 9.17) is 14.2 Å². The summed E-state index contributed by atoms with van der Waals surface area (Å²) >= 11 is 1.49. The van der Waals surface area contributed by atoms with Crippen LogP contribution in [0.3, 0.4) is 0 Å². The van der Waals surface area contributed by atoms with Gasteiger partial charge >= 0.3 is 5.97 Å². The molecule has 0 aliphatic carbocycles. The number of nitrogens with one attached hydrogen (secondary N) is 1. The molecule has 1 aromatic heterocycles. The lowest BCUT2D eigenvalue weighted by atomic mass is 10.1. The molecule has 10 heteroatoms. The molecule has 9 nitrogen and oxygen atoms in total. The van der Waals surface area contributed by atoms with Crippen LogP contribution in [0, 0.1) is 10.1 Å². The van der Waals surface area contributed by atoms with Gasteiger partial charge in [0.25, 0.3) is 11.6 Å². The first-order chi connectivity index (χ1) is 12.5. The third-order valence-corrected chi connectivity index (χ3v) is 4.64. The van der Waals surface area contributed by atoms with E-state index in [0.717, 1.165) is 10.9 Å². The van der Waals surface area contributed by atoms with Crippen molar-refractivity contribution < 1.29 is 28.7 Å². The molecule has 1 aliphatic heterocycles. The number of rotatable bonds is 6. The Morgan fingerprint density at radius 1 is 1.38 bits per heavy atom. The predicted molar refractivity (Wildman–Crippen MR) is 90.4 cm³/mol. The first kappa shape index (κ1) is 17.7. The van der Waals surface area contributed by atoms with Crippen LogP contribution in [-0.4, -0.2) is 30.2 Å². The van der Waals surface area contributed by atoms with Crippen molar-refractivity contribution in [3.63, 3.8) is 0 Å². The zero-order chi connectivity index (χ0) is 18.7. The number of nitro groups is 1. The van der Waals surface area contributed by atoms with E-state index in [1.54, 1.807) is 6.92 Å². The normalized spacial score (nSPS) is 13.1. The van der Waals surface area contributed by atoms with Gasteiger partial charge in [0.1, 0.15) is 5.56 Å². The maximum absolute atomic E-state index is 12.2. The molecular weight excluding hydrogens is 364 g/mol. The number of ether oxygens (including phenoxy) is 3. The molecule has 3 rings (SSSR count). The van der Waals surface area contributed by atoms with Gasteiger partial charge in [0.2, 0.25) is 6.79 Å². The van der Waals surface area contributed by atoms with Crippen LogP contribution >= 0.6 is 11.3 Å². The van der Waals surface area contributed by atoms with Crippen LogP contribution < -0.4 is 14.8 Å². The van der Waals surface area contributed by atoms with E-state index < -0.39 is 29.1 Å². The quantitative estimate of drug-likeness (QED) is 0.466. The Bertz CT molecular complexity index is 851. The monoisotopic (exact) mass is 378 g/mol. The van der Waals surface area contributed by atoms with E-state index in [2.05, 4.69) is 5.32 Å². The van der Waals surface area contributed by atoms with Gasteiger partial charge in [-0.2, -0.15) is 0 Å². The van der Waals surface area contributed by atoms with Crippen molar-refractivity contribution in [1.82, 2.24) is 5.32 Å². The second-order valence-electron chi connectivity index (χ2n) is 5.36. The summed E-state index contributed by atoms with van der Waals surface area (Å²) in [5.41, 5.74) is -0.787. The lowest BCUT2D eigenvalue weighted by Crippen LogP contribution is -2.30. The van der Waals surface area contributed by atoms with Crippen molar-refractivity contribution in [1.29, 1.82) is 0 Å². The lowest BCUT2D eigenvalue weighted by Gasteiger charge is -2.12. The van der Waals surface area contributed by atoms with E-state index in [1.807, 2.05) is 17.5 Å². The third-order valence-electron chi connectivity index (χ3n) is 3.59. The van der Waals surface area contributed by atoms with E-state index in [9.17, 15) is 19.7 Å². The largest absolute Gasteiger partial charge is 0.454 e. The highest BCUT2D eigenvalue weighted by atomic mass is 32.1. The predicted octanol–water partition coefficient (Wildman–Crippen LogP) is 2.42. The average Bonchev–Trinajstić information content (AvgIpc) is 3.29. The number of esters is 1. The van der Waals surface area contributed by atoms with Gasteiger partial charge in [-0.3, -0.25) is 14.9 Å². The highest BCUT2D eigenvalue weighted by molar-refractivity contribution is 7.10. The van der Waals surface area contributed by atoms with E-state index >= 15 is 0 Å². The molecule has 1 aromatic carbocycles. The fraction of sp³-hybridized carbons (Fsp3) is 0.250. The Balaban J connectivity index is 1.65. The van der Waals surface area contributed by atoms with Gasteiger partial charge < -0.3 is 19.5 Å². The molecule has 0 radical (unpaired) electrons. The maximum atomic E-state index is 12.2. The minimum absolute atomic E-state index is 0.0893. The molecule has 1 amide bonds. The molecule has 1 unspecified atom stereocenters. The summed E-state index contributed by atoms with van der Waals surface area (Å²) in [7, 11) is 0. The second kappa shape index (κ2) is 7.40. The Morgan fingerprint density at radius 3 is 2.77 bits per heavy atom. The summed E-state index contributed by atoms with van der Waals surface area (Å²) in [5.74, 6) is -1.12. The number of hydrogen-bond acceptors (Lipinski definition) is 8. The molecular formula is C16H14N2O7S. The summed E-state index contributed by atoms with van der Waals surface area (Å²) in [6.07, 6.45) is 0. The summed E-state index contributed by atoms with van der Waals surface area (Å²) in [6, 6.07) is 5.77. The van der Waals surface area contributed by atoms with Crippen molar-refractivity contribution in [2.45, 2.75) is 13.0 Å². The van der Waals surface area contributed by atoms with Gasteiger partial charge in [0, 0.05) is 10.9 Å². The fourth-order valence-electron chi connectivity index (χ4n) is 2.35. The van der Waals surface area contributed by atoms with Crippen molar-refractivity contribution in [2.24, 2.45) is 0 Å². The van der Waals surface area contributed by atoms with E-state index in [1.165, 1.54) is 17.4 Å². The van der Waals surface area contributed by atoms with Crippen molar-refractivity contribution >= 4 is 28.9 Å². The molecule has 0 spiro atoms. The zero-order valence-corrected chi connectivity index (χ0v) is 14.4. The molecule has 26 heavy (non-hydrogen) atoms. The molecule has 0 fully saturated rings. The van der Waals surface area contributed by atoms with Crippen LogP contribution in [0.1, 0.15) is 28.2 Å². The van der Waals surface area contributed by atoms with Crippen molar-refractivity contribution in [3.8, 4) is 11.5 Å². The second-order valence-corrected chi connectivity index (χ2v) is 6.34. The molecule has 2 heterocycles. The Hall–Kier alpha value is -3.14. The standard InChI is InChI=1S/C16H14N2O7S/c1-9(14-3-2-4-26-14)17-15(19)7-23-16(20)10-5-12-13(25-8-24-12)6-11(10)18(21)22/h2-6,9H,7-8H2,1H3,(H,17,19). The third kappa shape index (κ3) is 3.75. The lowest BCUT2D eigenvalue weighted by molar-refractivity contribution is -0.385. The number of nitrogens with zero attached hydrogens (tertiary/aromatic N) is 1. The van der Waals surface area contributed by atoms with Crippen LogP contribution in [0.2, 0.25) is 0 Å². The molecule has 1 aliphatic rings. The summed E-state index contributed by atoms with van der Waals surface area (Å²) in [5, 5.41) is 15.7. The summed E-state index contributed by atoms with van der Waals surface area (Å²) < 4.78 is 15.1. The first-order valence-corrected chi connectivity index (χ1v) is 8.41. The van der Waals surface area contributed by atoms with E-state index in [0.29, 0.717) is 0 Å². The van der Waals surface area contributed by atoms with Gasteiger partial charge in [0.05, 0.1) is 17.0 Å². The van der Waals surface area contributed by atoms with E-state index in [-0.39, 0.29) is 29.9 Å². The molecule has 0 bridgehead atoms. The van der Waals surface area contributed by atoms with Gasteiger partial charge in [-0.1, -0.05) is 6.07 Å². The van der Waals surface area contributed by atoms with Gasteiger partial charge in [-0.15, -0.1) is 11.3 Å². The molecule has 2 aromatic rings. The van der Waals surface area contributed by atoms with Crippen molar-refractivity contribution in [2.75, 3.05) is 13.4 Å². The number of thiophene rings is 1. The first-order valence-electron chi connectivity index (χ1n) is 7.53. The molecule has 1 atom stereocenters. The van der Waals surface area contributed by atoms with Gasteiger partial charge in [-0.05, 0) is 18.4 Å². The number of carbonyl (C=O) groups is 2.